The lowest BCUT2D eigenvalue weighted by atomic mass is 10.0. The van der Waals surface area contributed by atoms with Crippen LogP contribution in [0.25, 0.3) is 5.53 Å². The minimum atomic E-state index is -1.37. The third-order valence-electron chi connectivity index (χ3n) is 2.18. The van der Waals surface area contributed by atoms with Crippen molar-refractivity contribution in [2.45, 2.75) is 12.5 Å². The Balaban J connectivity index is 2.83. The van der Waals surface area contributed by atoms with Crippen LogP contribution in [0.2, 0.25) is 0 Å². The Morgan fingerprint density at radius 1 is 1.44 bits per heavy atom. The van der Waals surface area contributed by atoms with Crippen LogP contribution in [0.15, 0.2) is 24.3 Å². The number of hydrogen-bond acceptors (Lipinski definition) is 2. The Kier molecular flexibility index (Phi) is 4.71. The maximum atomic E-state index is 12.7. The van der Waals surface area contributed by atoms with Crippen molar-refractivity contribution in [3.05, 3.63) is 41.2 Å². The van der Waals surface area contributed by atoms with Gasteiger partial charge in [0.2, 0.25) is 0 Å². The zero-order valence-corrected chi connectivity index (χ0v) is 9.21. The molecular weight excluding hydrogens is 241 g/mol. The molecule has 0 radical (unpaired) electrons. The summed E-state index contributed by atoms with van der Waals surface area (Å²) in [4.78, 5) is 24.5. The van der Waals surface area contributed by atoms with Gasteiger partial charge in [0, 0.05) is 6.42 Å². The molecule has 18 heavy (non-hydrogen) atoms. The standard InChI is InChI=1S/C11H10FN3O3/c12-8-3-1-7(2-4-8)5-9(15-11(17)18)10(16)6-14-13/h1-4,6,9,15H,5H2,(H,17,18)/t9-/m1/s1. The number of hydrogen-bond donors (Lipinski definition) is 2. The largest absolute Gasteiger partial charge is 0.465 e. The van der Waals surface area contributed by atoms with E-state index in [2.05, 4.69) is 4.79 Å². The topological polar surface area (TPSA) is 103 Å². The molecular formula is C11H10FN3O3. The number of Topliss-reactive ketones (excluding diaryl/α,β-unsaturated/α-hetero) is 1. The number of benzene rings is 1. The third kappa shape index (κ3) is 4.15. The summed E-state index contributed by atoms with van der Waals surface area (Å²) in [6.45, 7) is 0. The average Bonchev–Trinajstić information content (AvgIpc) is 2.31. The zero-order chi connectivity index (χ0) is 13.5. The molecule has 1 aromatic rings. The van der Waals surface area contributed by atoms with Crippen LogP contribution in [0.4, 0.5) is 9.18 Å². The van der Waals surface area contributed by atoms with E-state index in [1.165, 1.54) is 24.3 Å². The second-order valence-corrected chi connectivity index (χ2v) is 3.48. The number of carbonyl (C=O) groups excluding carboxylic acids is 1. The molecule has 0 fully saturated rings. The van der Waals surface area contributed by atoms with Gasteiger partial charge in [-0.1, -0.05) is 12.1 Å². The minimum Gasteiger partial charge on any atom is -0.465 e. The van der Waals surface area contributed by atoms with E-state index in [9.17, 15) is 14.0 Å². The molecule has 0 saturated heterocycles. The molecule has 1 amide bonds. The highest BCUT2D eigenvalue weighted by atomic mass is 19.1. The van der Waals surface area contributed by atoms with E-state index in [0.717, 1.165) is 0 Å². The molecule has 0 aromatic heterocycles. The van der Waals surface area contributed by atoms with Gasteiger partial charge in [0.25, 0.3) is 5.78 Å². The van der Waals surface area contributed by atoms with Crippen LogP contribution in [0.5, 0.6) is 0 Å². The second kappa shape index (κ2) is 6.27. The van der Waals surface area contributed by atoms with Crippen molar-refractivity contribution < 1.29 is 23.9 Å². The number of amides is 1. The summed E-state index contributed by atoms with van der Waals surface area (Å²) >= 11 is 0. The Bertz CT molecular complexity index is 495. The van der Waals surface area contributed by atoms with Crippen LogP contribution >= 0.6 is 0 Å². The number of nitrogens with zero attached hydrogens (tertiary/aromatic N) is 2. The molecule has 0 saturated carbocycles. The van der Waals surface area contributed by atoms with Crippen molar-refractivity contribution in [1.82, 2.24) is 5.32 Å². The predicted molar refractivity (Wildman–Crippen MR) is 59.7 cm³/mol. The highest BCUT2D eigenvalue weighted by Crippen LogP contribution is 2.06. The first kappa shape index (κ1) is 13.5. The van der Waals surface area contributed by atoms with E-state index >= 15 is 0 Å². The summed E-state index contributed by atoms with van der Waals surface area (Å²) in [7, 11) is 0. The fraction of sp³-hybridized carbons (Fsp3) is 0.182. The van der Waals surface area contributed by atoms with Crippen LogP contribution in [0.1, 0.15) is 5.56 Å². The molecule has 0 heterocycles. The Hall–Kier alpha value is -2.53. The summed E-state index contributed by atoms with van der Waals surface area (Å²) < 4.78 is 12.7. The lowest BCUT2D eigenvalue weighted by Gasteiger charge is -2.11. The third-order valence-corrected chi connectivity index (χ3v) is 2.18. The number of ketones is 1. The van der Waals surface area contributed by atoms with Crippen molar-refractivity contribution in [2.24, 2.45) is 0 Å². The molecule has 1 rings (SSSR count). The van der Waals surface area contributed by atoms with Gasteiger partial charge in [-0.2, -0.15) is 4.79 Å². The normalized spacial score (nSPS) is 11.2. The van der Waals surface area contributed by atoms with Crippen molar-refractivity contribution in [3.8, 4) is 0 Å². The van der Waals surface area contributed by atoms with Gasteiger partial charge in [0.05, 0.1) is 0 Å². The Morgan fingerprint density at radius 2 is 2.06 bits per heavy atom. The monoisotopic (exact) mass is 251 g/mol. The molecule has 0 aliphatic rings. The summed E-state index contributed by atoms with van der Waals surface area (Å²) in [5.74, 6) is -1.12. The van der Waals surface area contributed by atoms with Gasteiger partial charge in [-0.3, -0.25) is 4.79 Å². The first-order valence-corrected chi connectivity index (χ1v) is 4.98. The fourth-order valence-corrected chi connectivity index (χ4v) is 1.37. The minimum absolute atomic E-state index is 0.0391. The summed E-state index contributed by atoms with van der Waals surface area (Å²) in [5.41, 5.74) is 8.82. The van der Waals surface area contributed by atoms with E-state index < -0.39 is 23.7 Å². The highest BCUT2D eigenvalue weighted by molar-refractivity contribution is 6.28. The van der Waals surface area contributed by atoms with Crippen molar-refractivity contribution >= 4 is 18.1 Å². The van der Waals surface area contributed by atoms with Gasteiger partial charge < -0.3 is 16.0 Å². The molecule has 2 N–H and O–H groups in total. The molecule has 1 aromatic carbocycles. The lowest BCUT2D eigenvalue weighted by molar-refractivity contribution is -0.117. The van der Waals surface area contributed by atoms with Gasteiger partial charge in [0.15, 0.2) is 0 Å². The van der Waals surface area contributed by atoms with Crippen LogP contribution in [0.3, 0.4) is 0 Å². The van der Waals surface area contributed by atoms with E-state index in [1.807, 2.05) is 5.32 Å². The number of rotatable bonds is 5. The molecule has 0 spiro atoms. The van der Waals surface area contributed by atoms with Gasteiger partial charge in [-0.05, 0) is 17.7 Å². The summed E-state index contributed by atoms with van der Waals surface area (Å²) in [5, 5.41) is 10.6. The molecule has 7 heteroatoms. The van der Waals surface area contributed by atoms with Gasteiger partial charge >= 0.3 is 12.3 Å². The first-order chi connectivity index (χ1) is 8.52. The smallest absolute Gasteiger partial charge is 0.405 e. The van der Waals surface area contributed by atoms with Gasteiger partial charge in [-0.25, -0.2) is 9.18 Å². The summed E-state index contributed by atoms with van der Waals surface area (Å²) in [6, 6.07) is 4.21. The Morgan fingerprint density at radius 3 is 2.56 bits per heavy atom. The number of halogens is 1. The van der Waals surface area contributed by atoms with Gasteiger partial charge in [-0.15, -0.1) is 0 Å². The van der Waals surface area contributed by atoms with Crippen molar-refractivity contribution in [3.63, 3.8) is 0 Å². The SMILES string of the molecule is [N-]=[N+]=CC(=O)[C@@H](Cc1ccc(F)cc1)NC(=O)O. The van der Waals surface area contributed by atoms with E-state index in [4.69, 9.17) is 10.6 Å². The fourth-order valence-electron chi connectivity index (χ4n) is 1.37. The van der Waals surface area contributed by atoms with Crippen LogP contribution in [-0.2, 0) is 11.2 Å². The van der Waals surface area contributed by atoms with E-state index in [-0.39, 0.29) is 6.42 Å². The summed E-state index contributed by atoms with van der Waals surface area (Å²) in [6.07, 6.45) is -0.719. The second-order valence-electron chi connectivity index (χ2n) is 3.48. The van der Waals surface area contributed by atoms with Crippen molar-refractivity contribution in [2.75, 3.05) is 0 Å². The molecule has 0 aliphatic heterocycles. The molecule has 6 nitrogen and oxygen atoms in total. The quantitative estimate of drug-likeness (QED) is 0.461. The van der Waals surface area contributed by atoms with Crippen LogP contribution < -0.4 is 5.32 Å². The molecule has 94 valence electrons. The average molecular weight is 251 g/mol. The Labute approximate surface area is 102 Å². The molecule has 0 unspecified atom stereocenters. The van der Waals surface area contributed by atoms with Crippen LogP contribution in [-0.4, -0.2) is 34.0 Å². The zero-order valence-electron chi connectivity index (χ0n) is 9.21. The van der Waals surface area contributed by atoms with E-state index in [1.54, 1.807) is 0 Å². The number of carbonyl (C=O) groups is 2. The lowest BCUT2D eigenvalue weighted by Crippen LogP contribution is -2.42. The van der Waals surface area contributed by atoms with Crippen LogP contribution in [0, 0.1) is 5.82 Å². The molecule has 0 aliphatic carbocycles. The maximum Gasteiger partial charge on any atom is 0.405 e. The van der Waals surface area contributed by atoms with Crippen molar-refractivity contribution in [1.29, 1.82) is 0 Å². The molecule has 0 bridgehead atoms. The highest BCUT2D eigenvalue weighted by Gasteiger charge is 2.22. The maximum absolute atomic E-state index is 12.7. The molecule has 1 atom stereocenters. The number of carboxylic acid groups (broad SMARTS) is 1. The predicted octanol–water partition coefficient (Wildman–Crippen LogP) is 0.874. The van der Waals surface area contributed by atoms with Gasteiger partial charge in [0.1, 0.15) is 11.9 Å². The van der Waals surface area contributed by atoms with E-state index in [0.29, 0.717) is 11.8 Å². The first-order valence-electron chi connectivity index (χ1n) is 4.98. The number of nitrogens with one attached hydrogen (secondary N) is 1.